The fraction of sp³-hybridized carbons (Fsp3) is 0.333. The third-order valence-electron chi connectivity index (χ3n) is 5.52. The van der Waals surface area contributed by atoms with Crippen molar-refractivity contribution in [3.05, 3.63) is 65.2 Å². The van der Waals surface area contributed by atoms with Gasteiger partial charge >= 0.3 is 0 Å². The molecule has 0 saturated carbocycles. The lowest BCUT2D eigenvalue weighted by atomic mass is 10.1. The van der Waals surface area contributed by atoms with Crippen LogP contribution in [0.4, 0.5) is 0 Å². The lowest BCUT2D eigenvalue weighted by Crippen LogP contribution is -2.43. The van der Waals surface area contributed by atoms with E-state index in [1.165, 1.54) is 5.56 Å². The summed E-state index contributed by atoms with van der Waals surface area (Å²) in [4.78, 5) is 19.4. The van der Waals surface area contributed by atoms with E-state index < -0.39 is 0 Å². The smallest absolute Gasteiger partial charge is 0.251 e. The van der Waals surface area contributed by atoms with Crippen LogP contribution >= 0.6 is 11.3 Å². The third kappa shape index (κ3) is 3.36. The number of amides is 1. The maximum Gasteiger partial charge on any atom is 0.251 e. The Hall–Kier alpha value is -2.28. The molecule has 0 bridgehead atoms. The van der Waals surface area contributed by atoms with Crippen LogP contribution in [0.1, 0.15) is 28.4 Å². The molecule has 0 unspecified atom stereocenters. The van der Waals surface area contributed by atoms with Crippen LogP contribution in [0.25, 0.3) is 10.2 Å². The highest BCUT2D eigenvalue weighted by Gasteiger charge is 2.38. The lowest BCUT2D eigenvalue weighted by molar-refractivity contribution is -0.0502. The monoisotopic (exact) mass is 379 g/mol. The number of thiazole rings is 1. The Balaban J connectivity index is 1.23. The van der Waals surface area contributed by atoms with Crippen molar-refractivity contribution in [2.75, 3.05) is 19.7 Å². The van der Waals surface area contributed by atoms with Crippen molar-refractivity contribution in [3.8, 4) is 0 Å². The first-order valence-corrected chi connectivity index (χ1v) is 10.2. The molecule has 2 saturated heterocycles. The Bertz CT molecular complexity index is 958. The zero-order chi connectivity index (χ0) is 18.2. The lowest BCUT2D eigenvalue weighted by Gasteiger charge is -2.35. The van der Waals surface area contributed by atoms with Gasteiger partial charge in [0.15, 0.2) is 0 Å². The number of nitrogens with zero attached hydrogens (tertiary/aromatic N) is 2. The molecule has 6 heteroatoms. The van der Waals surface area contributed by atoms with Crippen molar-refractivity contribution in [1.82, 2.24) is 15.2 Å². The number of benzene rings is 2. The van der Waals surface area contributed by atoms with Crippen LogP contribution in [0, 0.1) is 0 Å². The highest BCUT2D eigenvalue weighted by Crippen LogP contribution is 2.30. The summed E-state index contributed by atoms with van der Waals surface area (Å²) in [7, 11) is 0. The third-order valence-corrected chi connectivity index (χ3v) is 6.31. The van der Waals surface area contributed by atoms with Gasteiger partial charge in [0.25, 0.3) is 5.91 Å². The van der Waals surface area contributed by atoms with Gasteiger partial charge in [0.2, 0.25) is 0 Å². The number of carbonyl (C=O) groups is 1. The maximum absolute atomic E-state index is 12.7. The number of hydrogen-bond donors (Lipinski definition) is 1. The molecule has 2 fully saturated rings. The molecule has 2 aliphatic heterocycles. The normalized spacial score (nSPS) is 25.4. The van der Waals surface area contributed by atoms with Gasteiger partial charge in [-0.1, -0.05) is 30.3 Å². The summed E-state index contributed by atoms with van der Waals surface area (Å²) in [5.74, 6) is -0.00400. The van der Waals surface area contributed by atoms with E-state index >= 15 is 0 Å². The van der Waals surface area contributed by atoms with Crippen molar-refractivity contribution in [1.29, 1.82) is 0 Å². The quantitative estimate of drug-likeness (QED) is 0.759. The molecule has 3 heterocycles. The molecule has 0 radical (unpaired) electrons. The fourth-order valence-corrected chi connectivity index (χ4v) is 4.83. The number of aromatic nitrogens is 1. The molecule has 3 aromatic rings. The van der Waals surface area contributed by atoms with Crippen LogP contribution in [0.2, 0.25) is 0 Å². The van der Waals surface area contributed by atoms with E-state index in [0.717, 1.165) is 36.3 Å². The van der Waals surface area contributed by atoms with Crippen molar-refractivity contribution < 1.29 is 9.53 Å². The molecule has 1 N–H and O–H groups in total. The van der Waals surface area contributed by atoms with Crippen LogP contribution in [0.5, 0.6) is 0 Å². The minimum Gasteiger partial charge on any atom is -0.371 e. The predicted molar refractivity (Wildman–Crippen MR) is 106 cm³/mol. The van der Waals surface area contributed by atoms with E-state index in [4.69, 9.17) is 4.74 Å². The first kappa shape index (κ1) is 16.9. The zero-order valence-electron chi connectivity index (χ0n) is 14.9. The minimum atomic E-state index is -0.00400. The Morgan fingerprint density at radius 2 is 2.07 bits per heavy atom. The standard InChI is InChI=1S/C21H21N3O2S/c25-21(15-6-7-18-20(8-15)27-13-22-18)23-16-9-17-12-26-19(11-24(17)10-16)14-4-2-1-3-5-14/h1-8,13,16-17,19H,9-12H2,(H,23,25)/t16-,17-,19+/m0/s1. The van der Waals surface area contributed by atoms with Crippen molar-refractivity contribution in [2.45, 2.75) is 24.6 Å². The highest BCUT2D eigenvalue weighted by molar-refractivity contribution is 7.16. The topological polar surface area (TPSA) is 54.5 Å². The number of hydrogen-bond acceptors (Lipinski definition) is 5. The SMILES string of the molecule is O=C(N[C@H]1C[C@H]2CO[C@@H](c3ccccc3)CN2C1)c1ccc2ncsc2c1. The molecule has 5 rings (SSSR count). The second-order valence-electron chi connectivity index (χ2n) is 7.28. The Labute approximate surface area is 162 Å². The van der Waals surface area contributed by atoms with E-state index in [-0.39, 0.29) is 18.1 Å². The van der Waals surface area contributed by atoms with Gasteiger partial charge in [0.1, 0.15) is 0 Å². The average molecular weight is 379 g/mol. The second kappa shape index (κ2) is 7.03. The molecule has 1 amide bonds. The zero-order valence-corrected chi connectivity index (χ0v) is 15.7. The first-order chi connectivity index (χ1) is 13.3. The molecule has 0 aliphatic carbocycles. The average Bonchev–Trinajstić information content (AvgIpc) is 3.33. The molecule has 2 aliphatic rings. The van der Waals surface area contributed by atoms with E-state index in [1.54, 1.807) is 11.3 Å². The van der Waals surface area contributed by atoms with Gasteiger partial charge < -0.3 is 10.1 Å². The largest absolute Gasteiger partial charge is 0.371 e. The number of fused-ring (bicyclic) bond motifs is 2. The first-order valence-electron chi connectivity index (χ1n) is 9.31. The van der Waals surface area contributed by atoms with E-state index in [9.17, 15) is 4.79 Å². The molecule has 5 nitrogen and oxygen atoms in total. The molecule has 138 valence electrons. The van der Waals surface area contributed by atoms with Gasteiger partial charge in [-0.25, -0.2) is 4.98 Å². The fourth-order valence-electron chi connectivity index (χ4n) is 4.11. The van der Waals surface area contributed by atoms with Crippen molar-refractivity contribution >= 4 is 27.5 Å². The second-order valence-corrected chi connectivity index (χ2v) is 8.17. The van der Waals surface area contributed by atoms with Crippen LogP contribution in [-0.2, 0) is 4.74 Å². The van der Waals surface area contributed by atoms with Crippen LogP contribution < -0.4 is 5.32 Å². The number of ether oxygens (including phenoxy) is 1. The summed E-state index contributed by atoms with van der Waals surface area (Å²) in [6.45, 7) is 2.48. The molecular weight excluding hydrogens is 358 g/mol. The number of nitrogens with one attached hydrogen (secondary N) is 1. The van der Waals surface area contributed by atoms with Gasteiger partial charge in [-0.15, -0.1) is 11.3 Å². The van der Waals surface area contributed by atoms with Gasteiger partial charge in [0, 0.05) is 30.7 Å². The Morgan fingerprint density at radius 1 is 1.19 bits per heavy atom. The predicted octanol–water partition coefficient (Wildman–Crippen LogP) is 3.24. The van der Waals surface area contributed by atoms with Crippen molar-refractivity contribution in [3.63, 3.8) is 0 Å². The summed E-state index contributed by atoms with van der Waals surface area (Å²) in [5.41, 5.74) is 4.68. The molecule has 2 aromatic carbocycles. The number of rotatable bonds is 3. The van der Waals surface area contributed by atoms with Crippen LogP contribution in [0.15, 0.2) is 54.0 Å². The summed E-state index contributed by atoms with van der Waals surface area (Å²) >= 11 is 1.56. The Morgan fingerprint density at radius 3 is 2.96 bits per heavy atom. The summed E-state index contributed by atoms with van der Waals surface area (Å²) in [6, 6.07) is 16.6. The minimum absolute atomic E-state index is 0.00400. The molecular formula is C21H21N3O2S. The van der Waals surface area contributed by atoms with Crippen molar-refractivity contribution in [2.24, 2.45) is 0 Å². The van der Waals surface area contributed by atoms with E-state index in [1.807, 2.05) is 29.8 Å². The Kier molecular flexibility index (Phi) is 4.39. The summed E-state index contributed by atoms with van der Waals surface area (Å²) in [6.07, 6.45) is 1.06. The van der Waals surface area contributed by atoms with Crippen LogP contribution in [0.3, 0.4) is 0 Å². The highest BCUT2D eigenvalue weighted by atomic mass is 32.1. The van der Waals surface area contributed by atoms with Gasteiger partial charge in [0.05, 0.1) is 28.4 Å². The summed E-state index contributed by atoms with van der Waals surface area (Å²) in [5, 5.41) is 3.21. The van der Waals surface area contributed by atoms with E-state index in [0.29, 0.717) is 11.6 Å². The van der Waals surface area contributed by atoms with Gasteiger partial charge in [-0.05, 0) is 30.2 Å². The summed E-state index contributed by atoms with van der Waals surface area (Å²) < 4.78 is 7.14. The van der Waals surface area contributed by atoms with Gasteiger partial charge in [-0.2, -0.15) is 0 Å². The number of carbonyl (C=O) groups excluding carboxylic acids is 1. The van der Waals surface area contributed by atoms with Gasteiger partial charge in [-0.3, -0.25) is 9.69 Å². The molecule has 0 spiro atoms. The maximum atomic E-state index is 12.7. The number of morpholine rings is 1. The molecule has 27 heavy (non-hydrogen) atoms. The molecule has 1 aromatic heterocycles. The van der Waals surface area contributed by atoms with E-state index in [2.05, 4.69) is 39.5 Å². The van der Waals surface area contributed by atoms with Crippen LogP contribution in [-0.4, -0.2) is 47.6 Å². The molecule has 3 atom stereocenters.